The molecule has 0 saturated heterocycles. The molecule has 44 heavy (non-hydrogen) atoms. The monoisotopic (exact) mass is 600 g/mol. The zero-order valence-corrected chi connectivity index (χ0v) is 26.4. The van der Waals surface area contributed by atoms with Crippen LogP contribution in [0.25, 0.3) is 12.2 Å². The van der Waals surface area contributed by atoms with E-state index in [1.165, 1.54) is 69.4 Å². The first kappa shape index (κ1) is 34.4. The van der Waals surface area contributed by atoms with Gasteiger partial charge in [-0.25, -0.2) is 4.79 Å². The second kappa shape index (κ2) is 19.2. The Hall–Kier alpha value is -4.13. The van der Waals surface area contributed by atoms with Gasteiger partial charge in [0.25, 0.3) is 0 Å². The van der Waals surface area contributed by atoms with Gasteiger partial charge in [0.1, 0.15) is 5.75 Å². The molecule has 0 aliphatic heterocycles. The van der Waals surface area contributed by atoms with Crippen molar-refractivity contribution in [2.45, 2.75) is 97.3 Å². The van der Waals surface area contributed by atoms with Crippen molar-refractivity contribution in [3.63, 3.8) is 0 Å². The van der Waals surface area contributed by atoms with Crippen LogP contribution in [0.5, 0.6) is 11.5 Å². The van der Waals surface area contributed by atoms with Crippen molar-refractivity contribution in [1.29, 1.82) is 0 Å². The molecule has 7 nitrogen and oxygen atoms in total. The number of carbonyl (C=O) groups excluding carboxylic acids is 1. The number of anilines is 1. The Kier molecular flexibility index (Phi) is 15.0. The van der Waals surface area contributed by atoms with E-state index in [4.69, 9.17) is 15.2 Å². The van der Waals surface area contributed by atoms with Gasteiger partial charge in [-0.15, -0.1) is 0 Å². The largest absolute Gasteiger partial charge is 0.487 e. The molecular weight excluding hydrogens is 552 g/mol. The Balaban J connectivity index is 1.52. The third-order valence-corrected chi connectivity index (χ3v) is 7.66. The number of rotatable bonds is 20. The Morgan fingerprint density at radius 2 is 1.32 bits per heavy atom. The number of benzene rings is 3. The molecule has 236 valence electrons. The summed E-state index contributed by atoms with van der Waals surface area (Å²) in [5.74, 6) is -0.393. The number of nitrogens with zero attached hydrogens (tertiary/aromatic N) is 1. The van der Waals surface area contributed by atoms with Crippen molar-refractivity contribution in [2.24, 2.45) is 0 Å². The molecule has 0 radical (unpaired) electrons. The molecule has 0 heterocycles. The lowest BCUT2D eigenvalue weighted by Gasteiger charge is -2.11. The predicted octanol–water partition coefficient (Wildman–Crippen LogP) is 10.2. The lowest BCUT2D eigenvalue weighted by molar-refractivity contribution is -0.385. The Bertz CT molecular complexity index is 1330. The Morgan fingerprint density at radius 3 is 1.91 bits per heavy atom. The molecule has 3 rings (SSSR count). The molecule has 0 atom stereocenters. The number of hydrogen-bond donors (Lipinski definition) is 1. The van der Waals surface area contributed by atoms with Gasteiger partial charge in [-0.05, 0) is 48.1 Å². The number of nitro benzene ring substituents is 1. The molecule has 0 bridgehead atoms. The van der Waals surface area contributed by atoms with Crippen molar-refractivity contribution >= 4 is 29.5 Å². The summed E-state index contributed by atoms with van der Waals surface area (Å²) in [5.41, 5.74) is 9.20. The highest BCUT2D eigenvalue weighted by Gasteiger charge is 2.23. The summed E-state index contributed by atoms with van der Waals surface area (Å²) >= 11 is 0. The van der Waals surface area contributed by atoms with Crippen molar-refractivity contribution in [2.75, 3.05) is 12.3 Å². The van der Waals surface area contributed by atoms with Gasteiger partial charge in [-0.1, -0.05) is 127 Å². The number of nitro groups is 1. The number of ether oxygens (including phenoxy) is 2. The third-order valence-electron chi connectivity index (χ3n) is 7.66. The Labute approximate surface area is 262 Å². The minimum absolute atomic E-state index is 0.0567. The number of nitrogens with two attached hydrogens (primary N) is 1. The van der Waals surface area contributed by atoms with Gasteiger partial charge in [0, 0.05) is 12.1 Å². The average Bonchev–Trinajstić information content (AvgIpc) is 3.02. The van der Waals surface area contributed by atoms with Gasteiger partial charge in [0.15, 0.2) is 5.75 Å². The zero-order chi connectivity index (χ0) is 31.6. The average molecular weight is 601 g/mol. The maximum Gasteiger partial charge on any atom is 0.345 e. The lowest BCUT2D eigenvalue weighted by atomic mass is 10.0. The van der Waals surface area contributed by atoms with E-state index in [1.54, 1.807) is 12.1 Å². The van der Waals surface area contributed by atoms with Gasteiger partial charge in [0.2, 0.25) is 0 Å². The molecule has 0 aliphatic carbocycles. The smallest absolute Gasteiger partial charge is 0.345 e. The van der Waals surface area contributed by atoms with Crippen molar-refractivity contribution in [3.8, 4) is 11.5 Å². The first-order chi connectivity index (χ1) is 21.4. The van der Waals surface area contributed by atoms with Crippen LogP contribution in [0.2, 0.25) is 0 Å². The van der Waals surface area contributed by atoms with Crippen LogP contribution < -0.4 is 15.2 Å². The van der Waals surface area contributed by atoms with Crippen LogP contribution in [0.1, 0.15) is 118 Å². The van der Waals surface area contributed by atoms with Gasteiger partial charge in [0.05, 0.1) is 22.8 Å². The van der Waals surface area contributed by atoms with Crippen LogP contribution >= 0.6 is 0 Å². The van der Waals surface area contributed by atoms with Gasteiger partial charge >= 0.3 is 11.7 Å². The SMILES string of the molecule is CCCCCCCCOc1cc(N)c(C(=O)Oc2ccc(C=Cc3ccc(CCCCCCCC)cc3)cc2)cc1[N+](=O)[O-]. The van der Waals surface area contributed by atoms with Crippen molar-refractivity contribution < 1.29 is 19.2 Å². The van der Waals surface area contributed by atoms with Gasteiger partial charge < -0.3 is 15.2 Å². The van der Waals surface area contributed by atoms with E-state index in [9.17, 15) is 14.9 Å². The summed E-state index contributed by atoms with van der Waals surface area (Å²) in [6.07, 6.45) is 19.4. The number of esters is 1. The van der Waals surface area contributed by atoms with E-state index in [2.05, 4.69) is 38.1 Å². The molecular formula is C37H48N2O5. The fourth-order valence-corrected chi connectivity index (χ4v) is 4.99. The molecule has 0 aliphatic rings. The highest BCUT2D eigenvalue weighted by molar-refractivity contribution is 5.97. The normalized spacial score (nSPS) is 11.1. The van der Waals surface area contributed by atoms with E-state index >= 15 is 0 Å². The molecule has 0 spiro atoms. The molecule has 0 saturated carbocycles. The minimum Gasteiger partial charge on any atom is -0.487 e. The molecule has 0 aromatic heterocycles. The van der Waals surface area contributed by atoms with E-state index < -0.39 is 10.9 Å². The second-order valence-corrected chi connectivity index (χ2v) is 11.3. The summed E-state index contributed by atoms with van der Waals surface area (Å²) in [4.78, 5) is 24.0. The van der Waals surface area contributed by atoms with Crippen LogP contribution in [-0.4, -0.2) is 17.5 Å². The van der Waals surface area contributed by atoms with Crippen LogP contribution in [0.4, 0.5) is 11.4 Å². The first-order valence-corrected chi connectivity index (χ1v) is 16.2. The third kappa shape index (κ3) is 11.9. The van der Waals surface area contributed by atoms with Crippen molar-refractivity contribution in [1.82, 2.24) is 0 Å². The molecule has 2 N–H and O–H groups in total. The topological polar surface area (TPSA) is 105 Å². The van der Waals surface area contributed by atoms with Crippen LogP contribution in [0.15, 0.2) is 60.7 Å². The van der Waals surface area contributed by atoms with E-state index in [1.807, 2.05) is 24.3 Å². The number of hydrogen-bond acceptors (Lipinski definition) is 6. The summed E-state index contributed by atoms with van der Waals surface area (Å²) in [7, 11) is 0. The second-order valence-electron chi connectivity index (χ2n) is 11.3. The zero-order valence-electron chi connectivity index (χ0n) is 26.4. The van der Waals surface area contributed by atoms with Crippen LogP contribution in [0, 0.1) is 10.1 Å². The Morgan fingerprint density at radius 1 is 0.773 bits per heavy atom. The van der Waals surface area contributed by atoms with Gasteiger partial charge in [-0.3, -0.25) is 10.1 Å². The van der Waals surface area contributed by atoms with E-state index in [0.29, 0.717) is 12.4 Å². The minimum atomic E-state index is -0.766. The van der Waals surface area contributed by atoms with Crippen LogP contribution in [0.3, 0.4) is 0 Å². The van der Waals surface area contributed by atoms with Crippen LogP contribution in [-0.2, 0) is 6.42 Å². The maximum absolute atomic E-state index is 12.9. The number of carbonyl (C=O) groups is 1. The standard InChI is InChI=1S/C37H48N2O5/c1-3-5-7-9-11-13-15-29-16-18-30(19-17-29)20-21-31-22-24-32(25-23-31)44-37(40)33-27-35(39(41)42)36(28-34(33)38)43-26-14-12-10-8-6-4-2/h16-25,27-28H,3-15,26,38H2,1-2H3. The maximum atomic E-state index is 12.9. The fraction of sp³-hybridized carbons (Fsp3) is 0.432. The van der Waals surface area contributed by atoms with E-state index in [-0.39, 0.29) is 22.7 Å². The summed E-state index contributed by atoms with van der Waals surface area (Å²) in [6.45, 7) is 4.76. The highest BCUT2D eigenvalue weighted by Crippen LogP contribution is 2.33. The molecule has 0 fully saturated rings. The fourth-order valence-electron chi connectivity index (χ4n) is 4.99. The lowest BCUT2D eigenvalue weighted by Crippen LogP contribution is -2.12. The molecule has 7 heteroatoms. The van der Waals surface area contributed by atoms with Crippen molar-refractivity contribution in [3.05, 3.63) is 93.0 Å². The highest BCUT2D eigenvalue weighted by atomic mass is 16.6. The number of nitrogen functional groups attached to an aromatic ring is 1. The first-order valence-electron chi connectivity index (χ1n) is 16.2. The molecule has 0 unspecified atom stereocenters. The summed E-state index contributed by atoms with van der Waals surface area (Å²) < 4.78 is 11.1. The number of aryl methyl sites for hydroxylation is 1. The van der Waals surface area contributed by atoms with E-state index in [0.717, 1.165) is 42.9 Å². The molecule has 3 aromatic rings. The number of unbranched alkanes of at least 4 members (excludes halogenated alkanes) is 10. The molecule has 3 aromatic carbocycles. The summed E-state index contributed by atoms with van der Waals surface area (Å²) in [5, 5.41) is 11.7. The quantitative estimate of drug-likeness (QED) is 0.0263. The van der Waals surface area contributed by atoms with Gasteiger partial charge in [-0.2, -0.15) is 0 Å². The summed E-state index contributed by atoms with van der Waals surface area (Å²) in [6, 6.07) is 18.2. The predicted molar refractivity (Wildman–Crippen MR) is 180 cm³/mol. The molecule has 0 amide bonds.